The molecule has 1 aliphatic carbocycles. The Hall–Kier alpha value is -1.36. The van der Waals surface area contributed by atoms with Gasteiger partial charge in [0.25, 0.3) is 0 Å². The molecule has 22 heavy (non-hydrogen) atoms. The van der Waals surface area contributed by atoms with Crippen LogP contribution < -0.4 is 5.32 Å². The summed E-state index contributed by atoms with van der Waals surface area (Å²) in [6.07, 6.45) is 7.84. The van der Waals surface area contributed by atoms with Gasteiger partial charge in [-0.1, -0.05) is 62.4 Å². The van der Waals surface area contributed by atoms with Crippen LogP contribution in [0.5, 0.6) is 0 Å². The predicted octanol–water partition coefficient (Wildman–Crippen LogP) is 2.83. The molecule has 0 aliphatic heterocycles. The van der Waals surface area contributed by atoms with E-state index in [1.807, 2.05) is 6.07 Å². The lowest BCUT2D eigenvalue weighted by Crippen LogP contribution is -2.39. The van der Waals surface area contributed by atoms with E-state index in [1.54, 1.807) is 24.3 Å². The average molecular weight is 323 g/mol. The van der Waals surface area contributed by atoms with E-state index in [0.29, 0.717) is 0 Å². The molecule has 0 atom stereocenters. The zero-order valence-corrected chi connectivity index (χ0v) is 13.8. The van der Waals surface area contributed by atoms with Crippen LogP contribution in [0.15, 0.2) is 30.3 Å². The van der Waals surface area contributed by atoms with Crippen molar-refractivity contribution in [3.05, 3.63) is 35.9 Å². The van der Waals surface area contributed by atoms with Gasteiger partial charge in [0.2, 0.25) is 5.91 Å². The van der Waals surface area contributed by atoms with Crippen molar-refractivity contribution in [1.82, 2.24) is 5.32 Å². The Kier molecular flexibility index (Phi) is 6.43. The molecule has 1 aliphatic rings. The molecule has 0 aromatic heterocycles. The maximum atomic E-state index is 12.1. The number of hydrogen-bond acceptors (Lipinski definition) is 3. The molecule has 0 spiro atoms. The maximum Gasteiger partial charge on any atom is 0.235 e. The van der Waals surface area contributed by atoms with Crippen molar-refractivity contribution in [2.24, 2.45) is 0 Å². The van der Waals surface area contributed by atoms with E-state index in [0.717, 1.165) is 31.2 Å². The van der Waals surface area contributed by atoms with Crippen LogP contribution in [0, 0.1) is 0 Å². The number of carbonyl (C=O) groups excluding carboxylic acids is 1. The van der Waals surface area contributed by atoms with Gasteiger partial charge >= 0.3 is 0 Å². The summed E-state index contributed by atoms with van der Waals surface area (Å²) in [6.45, 7) is 0. The Morgan fingerprint density at radius 1 is 1.00 bits per heavy atom. The fraction of sp³-hybridized carbons (Fsp3) is 0.588. The molecule has 0 bridgehead atoms. The van der Waals surface area contributed by atoms with Crippen molar-refractivity contribution >= 4 is 15.7 Å². The van der Waals surface area contributed by atoms with E-state index in [-0.39, 0.29) is 17.7 Å². The number of sulfone groups is 1. The molecular formula is C17H25NO3S. The standard InChI is InChI=1S/C17H25NO3S/c19-17(18-16-11-7-2-1-3-8-12-16)14-22(20,21)13-15-9-5-4-6-10-15/h4-6,9-10,16H,1-3,7-8,11-14H2,(H,18,19). The minimum atomic E-state index is -3.41. The van der Waals surface area contributed by atoms with E-state index in [9.17, 15) is 13.2 Å². The molecule has 0 saturated heterocycles. The van der Waals surface area contributed by atoms with Crippen molar-refractivity contribution in [3.63, 3.8) is 0 Å². The van der Waals surface area contributed by atoms with Crippen LogP contribution in [-0.4, -0.2) is 26.1 Å². The number of hydrogen-bond donors (Lipinski definition) is 1. The highest BCUT2D eigenvalue weighted by Gasteiger charge is 2.20. The fourth-order valence-corrected chi connectivity index (χ4v) is 4.23. The first kappa shape index (κ1) is 17.0. The Morgan fingerprint density at radius 3 is 2.23 bits per heavy atom. The summed E-state index contributed by atoms with van der Waals surface area (Å²) in [5, 5.41) is 2.91. The highest BCUT2D eigenvalue weighted by molar-refractivity contribution is 7.91. The van der Waals surface area contributed by atoms with Gasteiger partial charge in [-0.2, -0.15) is 0 Å². The van der Waals surface area contributed by atoms with Gasteiger partial charge in [0.15, 0.2) is 9.84 Å². The van der Waals surface area contributed by atoms with Crippen LogP contribution in [0.25, 0.3) is 0 Å². The molecule has 1 aromatic carbocycles. The van der Waals surface area contributed by atoms with Gasteiger partial charge in [-0.15, -0.1) is 0 Å². The lowest BCUT2D eigenvalue weighted by atomic mass is 9.97. The highest BCUT2D eigenvalue weighted by atomic mass is 32.2. The molecule has 1 N–H and O–H groups in total. The molecule has 5 heteroatoms. The number of rotatable bonds is 5. The number of nitrogens with one attached hydrogen (secondary N) is 1. The lowest BCUT2D eigenvalue weighted by Gasteiger charge is -2.21. The van der Waals surface area contributed by atoms with Crippen molar-refractivity contribution < 1.29 is 13.2 Å². The minimum Gasteiger partial charge on any atom is -0.352 e. The molecule has 0 radical (unpaired) electrons. The van der Waals surface area contributed by atoms with Crippen molar-refractivity contribution in [2.45, 2.75) is 56.7 Å². The third-order valence-corrected chi connectivity index (χ3v) is 5.53. The first-order valence-corrected chi connectivity index (χ1v) is 9.91. The summed E-state index contributed by atoms with van der Waals surface area (Å²) in [5.41, 5.74) is 0.723. The number of carbonyl (C=O) groups is 1. The van der Waals surface area contributed by atoms with Gasteiger partial charge in [0.05, 0.1) is 5.75 Å². The monoisotopic (exact) mass is 323 g/mol. The molecule has 1 fully saturated rings. The van der Waals surface area contributed by atoms with Gasteiger partial charge in [0, 0.05) is 6.04 Å². The highest BCUT2D eigenvalue weighted by Crippen LogP contribution is 2.17. The van der Waals surface area contributed by atoms with Crippen LogP contribution in [0.2, 0.25) is 0 Å². The molecule has 0 heterocycles. The molecule has 4 nitrogen and oxygen atoms in total. The van der Waals surface area contributed by atoms with Crippen LogP contribution in [0.3, 0.4) is 0 Å². The first-order chi connectivity index (χ1) is 10.6. The van der Waals surface area contributed by atoms with Crippen LogP contribution in [0.4, 0.5) is 0 Å². The summed E-state index contributed by atoms with van der Waals surface area (Å²) < 4.78 is 24.2. The molecule has 122 valence electrons. The second kappa shape index (κ2) is 8.32. The summed E-state index contributed by atoms with van der Waals surface area (Å²) >= 11 is 0. The maximum absolute atomic E-state index is 12.1. The van der Waals surface area contributed by atoms with E-state index in [4.69, 9.17) is 0 Å². The van der Waals surface area contributed by atoms with Crippen LogP contribution in [-0.2, 0) is 20.4 Å². The van der Waals surface area contributed by atoms with Crippen LogP contribution >= 0.6 is 0 Å². The normalized spacial score (nSPS) is 17.5. The van der Waals surface area contributed by atoms with Gasteiger partial charge in [-0.25, -0.2) is 8.42 Å². The Bertz CT molecular complexity index is 561. The van der Waals surface area contributed by atoms with Gasteiger partial charge in [-0.05, 0) is 18.4 Å². The van der Waals surface area contributed by atoms with Crippen molar-refractivity contribution in [2.75, 3.05) is 5.75 Å². The number of amides is 1. The Morgan fingerprint density at radius 2 is 1.59 bits per heavy atom. The smallest absolute Gasteiger partial charge is 0.235 e. The third kappa shape index (κ3) is 6.18. The van der Waals surface area contributed by atoms with Gasteiger partial charge < -0.3 is 5.32 Å². The van der Waals surface area contributed by atoms with Crippen LogP contribution in [0.1, 0.15) is 50.5 Å². The third-order valence-electron chi connectivity index (χ3n) is 4.05. The SMILES string of the molecule is O=C(CS(=O)(=O)Cc1ccccc1)NC1CCCCCCC1. The summed E-state index contributed by atoms with van der Waals surface area (Å²) in [4.78, 5) is 12.0. The quantitative estimate of drug-likeness (QED) is 0.906. The molecule has 0 unspecified atom stereocenters. The lowest BCUT2D eigenvalue weighted by molar-refractivity contribution is -0.119. The zero-order valence-electron chi connectivity index (χ0n) is 13.0. The van der Waals surface area contributed by atoms with E-state index < -0.39 is 15.6 Å². The largest absolute Gasteiger partial charge is 0.352 e. The molecule has 2 rings (SSSR count). The molecular weight excluding hydrogens is 298 g/mol. The van der Waals surface area contributed by atoms with Crippen molar-refractivity contribution in [1.29, 1.82) is 0 Å². The second-order valence-electron chi connectivity index (χ2n) is 6.13. The second-order valence-corrected chi connectivity index (χ2v) is 8.19. The van der Waals surface area contributed by atoms with Gasteiger partial charge in [-0.3, -0.25) is 4.79 Å². The minimum absolute atomic E-state index is 0.0775. The van der Waals surface area contributed by atoms with Gasteiger partial charge in [0.1, 0.15) is 5.75 Å². The molecule has 1 amide bonds. The van der Waals surface area contributed by atoms with Crippen molar-refractivity contribution in [3.8, 4) is 0 Å². The molecule has 1 saturated carbocycles. The summed E-state index contributed by atoms with van der Waals surface area (Å²) in [7, 11) is -3.41. The number of benzene rings is 1. The Labute approximate surface area is 133 Å². The first-order valence-electron chi connectivity index (χ1n) is 8.09. The van der Waals surface area contributed by atoms with E-state index in [2.05, 4.69) is 5.32 Å². The summed E-state index contributed by atoms with van der Waals surface area (Å²) in [5.74, 6) is -0.855. The topological polar surface area (TPSA) is 63.2 Å². The predicted molar refractivity (Wildman–Crippen MR) is 88.2 cm³/mol. The summed E-state index contributed by atoms with van der Waals surface area (Å²) in [6, 6.07) is 9.13. The Balaban J connectivity index is 1.84. The fourth-order valence-electron chi connectivity index (χ4n) is 2.95. The molecule has 1 aromatic rings. The van der Waals surface area contributed by atoms with E-state index in [1.165, 1.54) is 19.3 Å². The average Bonchev–Trinajstić information content (AvgIpc) is 2.41. The zero-order chi connectivity index (χ0) is 15.8. The van der Waals surface area contributed by atoms with E-state index >= 15 is 0 Å².